The molecule has 1 aliphatic heterocycles. The highest BCUT2D eigenvalue weighted by atomic mass is 32.1. The van der Waals surface area contributed by atoms with Crippen molar-refractivity contribution < 1.29 is 9.59 Å². The fraction of sp³-hybridized carbons (Fsp3) is 0.375. The van der Waals surface area contributed by atoms with Crippen LogP contribution in [0, 0.1) is 13.8 Å². The molecule has 166 valence electrons. The lowest BCUT2D eigenvalue weighted by molar-refractivity contribution is -0.131. The van der Waals surface area contributed by atoms with Gasteiger partial charge in [0.1, 0.15) is 5.82 Å². The van der Waals surface area contributed by atoms with Crippen molar-refractivity contribution in [3.05, 3.63) is 75.3 Å². The molecule has 4 rings (SSSR count). The number of benzene rings is 1. The average molecular weight is 450 g/mol. The van der Waals surface area contributed by atoms with Crippen molar-refractivity contribution in [2.24, 2.45) is 0 Å². The maximum Gasteiger partial charge on any atom is 0.254 e. The highest BCUT2D eigenvalue weighted by Crippen LogP contribution is 2.25. The summed E-state index contributed by atoms with van der Waals surface area (Å²) in [4.78, 5) is 40.8. The molecular formula is C24H27N5O2S. The maximum atomic E-state index is 12.7. The summed E-state index contributed by atoms with van der Waals surface area (Å²) in [5, 5.41) is 5.85. The monoisotopic (exact) mass is 449 g/mol. The quantitative estimate of drug-likeness (QED) is 0.623. The number of amides is 2. The number of nitrogens with zero attached hydrogens (tertiary/aromatic N) is 4. The number of thiazole rings is 1. The Bertz CT molecular complexity index is 1100. The summed E-state index contributed by atoms with van der Waals surface area (Å²) in [7, 11) is 0. The van der Waals surface area contributed by atoms with Crippen molar-refractivity contribution in [3.8, 4) is 0 Å². The first kappa shape index (κ1) is 22.1. The van der Waals surface area contributed by atoms with Crippen LogP contribution in [0.1, 0.15) is 56.9 Å². The van der Waals surface area contributed by atoms with E-state index in [0.717, 1.165) is 35.7 Å². The standard InChI is InChI=1S/C24H27N5O2S/c1-16-21(24(31)26-12-18-7-4-3-5-8-18)13-25-23(27-16)19-9-6-10-29(14-19)22(30)11-20-15-32-17(2)28-20/h3-5,7-8,13,15,19H,6,9-12,14H2,1-2H3,(H,26,31)/t19-/m1/s1. The predicted molar refractivity (Wildman–Crippen MR) is 123 cm³/mol. The molecule has 0 aliphatic carbocycles. The number of rotatable bonds is 6. The summed E-state index contributed by atoms with van der Waals surface area (Å²) in [6.07, 6.45) is 3.78. The molecule has 1 aromatic carbocycles. The summed E-state index contributed by atoms with van der Waals surface area (Å²) in [6, 6.07) is 9.78. The highest BCUT2D eigenvalue weighted by molar-refractivity contribution is 7.09. The van der Waals surface area contributed by atoms with Gasteiger partial charge >= 0.3 is 0 Å². The van der Waals surface area contributed by atoms with Gasteiger partial charge in [-0.1, -0.05) is 30.3 Å². The summed E-state index contributed by atoms with van der Waals surface area (Å²) < 4.78 is 0. The van der Waals surface area contributed by atoms with E-state index in [-0.39, 0.29) is 17.7 Å². The summed E-state index contributed by atoms with van der Waals surface area (Å²) in [6.45, 7) is 5.58. The van der Waals surface area contributed by atoms with E-state index in [1.165, 1.54) is 0 Å². The van der Waals surface area contributed by atoms with E-state index < -0.39 is 0 Å². The molecular weight excluding hydrogens is 422 g/mol. The number of piperidine rings is 1. The van der Waals surface area contributed by atoms with Gasteiger partial charge in [0.15, 0.2) is 0 Å². The lowest BCUT2D eigenvalue weighted by Gasteiger charge is -2.32. The van der Waals surface area contributed by atoms with Crippen LogP contribution < -0.4 is 5.32 Å². The zero-order chi connectivity index (χ0) is 22.5. The molecule has 2 amide bonds. The molecule has 0 radical (unpaired) electrons. The SMILES string of the molecule is Cc1nc(CC(=O)N2CCC[C@@H](c3ncc(C(=O)NCc4ccccc4)c(C)n3)C2)cs1. The lowest BCUT2D eigenvalue weighted by atomic mass is 9.96. The molecule has 2 aromatic heterocycles. The number of nitrogens with one attached hydrogen (secondary N) is 1. The van der Waals surface area contributed by atoms with Gasteiger partial charge in [-0.15, -0.1) is 11.3 Å². The molecule has 3 aromatic rings. The number of carbonyl (C=O) groups excluding carboxylic acids is 2. The first-order valence-corrected chi connectivity index (χ1v) is 11.7. The zero-order valence-electron chi connectivity index (χ0n) is 18.4. The molecule has 1 atom stereocenters. The van der Waals surface area contributed by atoms with Crippen molar-refractivity contribution in [1.29, 1.82) is 0 Å². The van der Waals surface area contributed by atoms with Crippen LogP contribution in [0.25, 0.3) is 0 Å². The Kier molecular flexibility index (Phi) is 6.90. The number of hydrogen-bond donors (Lipinski definition) is 1. The van der Waals surface area contributed by atoms with Crippen molar-refractivity contribution in [1.82, 2.24) is 25.2 Å². The summed E-state index contributed by atoms with van der Waals surface area (Å²) in [5.41, 5.74) is 3.00. The van der Waals surface area contributed by atoms with E-state index in [4.69, 9.17) is 0 Å². The molecule has 0 spiro atoms. The Labute approximate surface area is 191 Å². The first-order chi connectivity index (χ1) is 15.5. The second kappa shape index (κ2) is 9.99. The average Bonchev–Trinajstić information content (AvgIpc) is 3.22. The largest absolute Gasteiger partial charge is 0.348 e. The van der Waals surface area contributed by atoms with Crippen LogP contribution in [0.15, 0.2) is 41.9 Å². The van der Waals surface area contributed by atoms with Crippen LogP contribution >= 0.6 is 11.3 Å². The molecule has 1 N–H and O–H groups in total. The third-order valence-electron chi connectivity index (χ3n) is 5.68. The predicted octanol–water partition coefficient (Wildman–Crippen LogP) is 3.43. The normalized spacial score (nSPS) is 16.1. The van der Waals surface area contributed by atoms with Crippen molar-refractivity contribution >= 4 is 23.2 Å². The van der Waals surface area contributed by atoms with Gasteiger partial charge in [0, 0.05) is 37.1 Å². The van der Waals surface area contributed by atoms with E-state index in [1.54, 1.807) is 17.5 Å². The Hall–Kier alpha value is -3.13. The number of likely N-dealkylation sites (tertiary alicyclic amines) is 1. The Morgan fingerprint density at radius 1 is 1.19 bits per heavy atom. The molecule has 1 saturated heterocycles. The minimum Gasteiger partial charge on any atom is -0.348 e. The molecule has 1 aliphatic rings. The van der Waals surface area contributed by atoms with Crippen LogP contribution in [-0.4, -0.2) is 44.8 Å². The van der Waals surface area contributed by atoms with E-state index in [9.17, 15) is 9.59 Å². The van der Waals surface area contributed by atoms with Gasteiger partial charge in [-0.25, -0.2) is 15.0 Å². The lowest BCUT2D eigenvalue weighted by Crippen LogP contribution is -2.40. The number of carbonyl (C=O) groups is 2. The van der Waals surface area contributed by atoms with E-state index in [1.807, 2.05) is 54.5 Å². The van der Waals surface area contributed by atoms with E-state index >= 15 is 0 Å². The van der Waals surface area contributed by atoms with E-state index in [2.05, 4.69) is 20.3 Å². The Balaban J connectivity index is 1.38. The first-order valence-electron chi connectivity index (χ1n) is 10.8. The smallest absolute Gasteiger partial charge is 0.254 e. The zero-order valence-corrected chi connectivity index (χ0v) is 19.2. The van der Waals surface area contributed by atoms with Crippen molar-refractivity contribution in [2.45, 2.75) is 45.6 Å². The van der Waals surface area contributed by atoms with Crippen LogP contribution in [-0.2, 0) is 17.8 Å². The van der Waals surface area contributed by atoms with Gasteiger partial charge in [-0.3, -0.25) is 9.59 Å². The fourth-order valence-electron chi connectivity index (χ4n) is 3.95. The highest BCUT2D eigenvalue weighted by Gasteiger charge is 2.27. The Morgan fingerprint density at radius 3 is 2.72 bits per heavy atom. The molecule has 3 heterocycles. The second-order valence-electron chi connectivity index (χ2n) is 8.11. The third kappa shape index (κ3) is 5.37. The van der Waals surface area contributed by atoms with Gasteiger partial charge in [0.25, 0.3) is 5.91 Å². The molecule has 0 saturated carbocycles. The molecule has 1 fully saturated rings. The molecule has 0 unspecified atom stereocenters. The van der Waals surface area contributed by atoms with Gasteiger partial charge < -0.3 is 10.2 Å². The van der Waals surface area contributed by atoms with E-state index in [0.29, 0.717) is 36.6 Å². The maximum absolute atomic E-state index is 12.7. The van der Waals surface area contributed by atoms with Crippen LogP contribution in [0.3, 0.4) is 0 Å². The molecule has 32 heavy (non-hydrogen) atoms. The number of aryl methyl sites for hydroxylation is 2. The second-order valence-corrected chi connectivity index (χ2v) is 9.17. The van der Waals surface area contributed by atoms with Crippen molar-refractivity contribution in [3.63, 3.8) is 0 Å². The van der Waals surface area contributed by atoms with Gasteiger partial charge in [0.05, 0.1) is 28.4 Å². The van der Waals surface area contributed by atoms with Crippen LogP contribution in [0.4, 0.5) is 0 Å². The molecule has 7 nitrogen and oxygen atoms in total. The number of hydrogen-bond acceptors (Lipinski definition) is 6. The minimum absolute atomic E-state index is 0.0741. The Morgan fingerprint density at radius 2 is 2.00 bits per heavy atom. The van der Waals surface area contributed by atoms with Crippen molar-refractivity contribution in [2.75, 3.05) is 13.1 Å². The molecule has 0 bridgehead atoms. The van der Waals surface area contributed by atoms with Crippen LogP contribution in [0.5, 0.6) is 0 Å². The van der Waals surface area contributed by atoms with Gasteiger partial charge in [-0.2, -0.15) is 0 Å². The van der Waals surface area contributed by atoms with Gasteiger partial charge in [-0.05, 0) is 32.3 Å². The fourth-order valence-corrected chi connectivity index (χ4v) is 4.56. The third-order valence-corrected chi connectivity index (χ3v) is 6.50. The number of aromatic nitrogens is 3. The molecule has 8 heteroatoms. The summed E-state index contributed by atoms with van der Waals surface area (Å²) >= 11 is 1.56. The summed E-state index contributed by atoms with van der Waals surface area (Å²) in [5.74, 6) is 0.680. The minimum atomic E-state index is -0.183. The van der Waals surface area contributed by atoms with Gasteiger partial charge in [0.2, 0.25) is 5.91 Å². The topological polar surface area (TPSA) is 88.1 Å². The van der Waals surface area contributed by atoms with Crippen LogP contribution in [0.2, 0.25) is 0 Å².